The number of carbonyl (C=O) groups is 1. The van der Waals surface area contributed by atoms with Crippen LogP contribution in [0.4, 0.5) is 0 Å². The van der Waals surface area contributed by atoms with Crippen LogP contribution in [0.5, 0.6) is 11.5 Å². The highest BCUT2D eigenvalue weighted by molar-refractivity contribution is 5.79. The quantitative estimate of drug-likeness (QED) is 0.638. The average Bonchev–Trinajstić information content (AvgIpc) is 2.44. The van der Waals surface area contributed by atoms with Gasteiger partial charge in [-0.2, -0.15) is 0 Å². The van der Waals surface area contributed by atoms with Gasteiger partial charge in [0.05, 0.1) is 13.2 Å². The summed E-state index contributed by atoms with van der Waals surface area (Å²) >= 11 is 0. The molecule has 1 aromatic rings. The maximum Gasteiger partial charge on any atom is 0.164 e. The third-order valence-electron chi connectivity index (χ3n) is 2.33. The zero-order valence-electron chi connectivity index (χ0n) is 8.08. The van der Waals surface area contributed by atoms with E-state index in [2.05, 4.69) is 0 Å². The maximum atomic E-state index is 10.7. The van der Waals surface area contributed by atoms with Gasteiger partial charge in [-0.15, -0.1) is 0 Å². The Morgan fingerprint density at radius 3 is 2.86 bits per heavy atom. The molecule has 0 unspecified atom stereocenters. The molecule has 0 spiro atoms. The molecule has 0 radical (unpaired) electrons. The van der Waals surface area contributed by atoms with E-state index >= 15 is 0 Å². The number of benzene rings is 1. The normalized spacial score (nSPS) is 14.6. The van der Waals surface area contributed by atoms with Crippen LogP contribution < -0.4 is 9.47 Å². The molecular formula is C11H12O3. The molecule has 3 nitrogen and oxygen atoms in total. The van der Waals surface area contributed by atoms with Crippen molar-refractivity contribution in [2.45, 2.75) is 13.3 Å². The summed E-state index contributed by atoms with van der Waals surface area (Å²) in [4.78, 5) is 10.7. The molecule has 2 rings (SSSR count). The smallest absolute Gasteiger partial charge is 0.164 e. The Balaban J connectivity index is 2.49. The fraction of sp³-hybridized carbons (Fsp3) is 0.364. The van der Waals surface area contributed by atoms with Crippen LogP contribution in [-0.2, 0) is 0 Å². The topological polar surface area (TPSA) is 35.5 Å². The fourth-order valence-electron chi connectivity index (χ4n) is 1.52. The van der Waals surface area contributed by atoms with Crippen molar-refractivity contribution in [1.29, 1.82) is 0 Å². The largest absolute Gasteiger partial charge is 0.490 e. The first-order chi connectivity index (χ1) is 6.83. The van der Waals surface area contributed by atoms with Gasteiger partial charge in [0.25, 0.3) is 0 Å². The van der Waals surface area contributed by atoms with Gasteiger partial charge in [0.2, 0.25) is 0 Å². The van der Waals surface area contributed by atoms with E-state index in [4.69, 9.17) is 9.47 Å². The molecule has 0 amide bonds. The second kappa shape index (κ2) is 3.70. The van der Waals surface area contributed by atoms with E-state index in [9.17, 15) is 4.79 Å². The minimum atomic E-state index is 0.649. The first-order valence-electron chi connectivity index (χ1n) is 4.67. The second-order valence-corrected chi connectivity index (χ2v) is 3.28. The van der Waals surface area contributed by atoms with Crippen molar-refractivity contribution in [3.63, 3.8) is 0 Å². The summed E-state index contributed by atoms with van der Waals surface area (Å²) in [5.41, 5.74) is 1.52. The van der Waals surface area contributed by atoms with Crippen molar-refractivity contribution in [1.82, 2.24) is 0 Å². The Morgan fingerprint density at radius 2 is 2.07 bits per heavy atom. The number of ether oxygens (including phenoxy) is 2. The average molecular weight is 192 g/mol. The molecule has 0 fully saturated rings. The van der Waals surface area contributed by atoms with Gasteiger partial charge in [0, 0.05) is 17.5 Å². The summed E-state index contributed by atoms with van der Waals surface area (Å²) < 4.78 is 11.0. The van der Waals surface area contributed by atoms with E-state index in [0.29, 0.717) is 24.5 Å². The zero-order valence-corrected chi connectivity index (χ0v) is 8.08. The van der Waals surface area contributed by atoms with Crippen molar-refractivity contribution < 1.29 is 14.3 Å². The van der Waals surface area contributed by atoms with Crippen LogP contribution in [0.2, 0.25) is 0 Å². The molecule has 1 heterocycles. The lowest BCUT2D eigenvalue weighted by Crippen LogP contribution is -1.98. The predicted molar refractivity (Wildman–Crippen MR) is 52.2 cm³/mol. The molecule has 1 aliphatic heterocycles. The number of fused-ring (bicyclic) bond motifs is 1. The van der Waals surface area contributed by atoms with E-state index in [1.165, 1.54) is 0 Å². The summed E-state index contributed by atoms with van der Waals surface area (Å²) in [6.45, 7) is 3.19. The monoisotopic (exact) mass is 192 g/mol. The molecule has 1 aliphatic rings. The maximum absolute atomic E-state index is 10.7. The Labute approximate surface area is 82.6 Å². The van der Waals surface area contributed by atoms with Crippen LogP contribution in [0.1, 0.15) is 22.3 Å². The molecule has 0 N–H and O–H groups in total. The summed E-state index contributed by atoms with van der Waals surface area (Å²) in [5, 5.41) is 0. The predicted octanol–water partition coefficient (Wildman–Crippen LogP) is 1.97. The van der Waals surface area contributed by atoms with Crippen LogP contribution in [-0.4, -0.2) is 19.5 Å². The van der Waals surface area contributed by atoms with E-state index < -0.39 is 0 Å². The first-order valence-corrected chi connectivity index (χ1v) is 4.67. The third kappa shape index (κ3) is 1.45. The zero-order chi connectivity index (χ0) is 9.97. The Morgan fingerprint density at radius 1 is 1.29 bits per heavy atom. The molecular weight excluding hydrogens is 180 g/mol. The van der Waals surface area contributed by atoms with Gasteiger partial charge in [-0.1, -0.05) is 0 Å². The van der Waals surface area contributed by atoms with Crippen molar-refractivity contribution in [3.05, 3.63) is 23.3 Å². The lowest BCUT2D eigenvalue weighted by atomic mass is 10.1. The van der Waals surface area contributed by atoms with Gasteiger partial charge in [0.15, 0.2) is 11.5 Å². The van der Waals surface area contributed by atoms with Gasteiger partial charge in [-0.05, 0) is 19.1 Å². The summed E-state index contributed by atoms with van der Waals surface area (Å²) in [6, 6.07) is 3.55. The summed E-state index contributed by atoms with van der Waals surface area (Å²) in [7, 11) is 0. The highest BCUT2D eigenvalue weighted by Crippen LogP contribution is 2.34. The van der Waals surface area contributed by atoms with Gasteiger partial charge < -0.3 is 9.47 Å². The lowest BCUT2D eigenvalue weighted by molar-refractivity contribution is 0.112. The van der Waals surface area contributed by atoms with Gasteiger partial charge in [0.1, 0.15) is 6.29 Å². The highest BCUT2D eigenvalue weighted by Gasteiger charge is 2.14. The van der Waals surface area contributed by atoms with Crippen LogP contribution in [0.15, 0.2) is 12.1 Å². The van der Waals surface area contributed by atoms with Crippen molar-refractivity contribution in [3.8, 4) is 11.5 Å². The van der Waals surface area contributed by atoms with Crippen LogP contribution in [0, 0.1) is 6.92 Å². The van der Waals surface area contributed by atoms with Crippen molar-refractivity contribution in [2.24, 2.45) is 0 Å². The van der Waals surface area contributed by atoms with E-state index in [0.717, 1.165) is 24.0 Å². The summed E-state index contributed by atoms with van der Waals surface area (Å²) in [6.07, 6.45) is 1.72. The van der Waals surface area contributed by atoms with Gasteiger partial charge in [-0.25, -0.2) is 0 Å². The third-order valence-corrected chi connectivity index (χ3v) is 2.33. The van der Waals surface area contributed by atoms with E-state index in [1.807, 2.05) is 6.92 Å². The van der Waals surface area contributed by atoms with Crippen molar-refractivity contribution in [2.75, 3.05) is 13.2 Å². The van der Waals surface area contributed by atoms with Gasteiger partial charge >= 0.3 is 0 Å². The SMILES string of the molecule is Cc1c(C=O)ccc2c1OCCCO2. The van der Waals surface area contributed by atoms with E-state index in [1.54, 1.807) is 12.1 Å². The summed E-state index contributed by atoms with van der Waals surface area (Å²) in [5.74, 6) is 1.46. The minimum absolute atomic E-state index is 0.649. The van der Waals surface area contributed by atoms with Gasteiger partial charge in [-0.3, -0.25) is 4.79 Å². The molecule has 3 heteroatoms. The fourth-order valence-corrected chi connectivity index (χ4v) is 1.52. The molecule has 1 aromatic carbocycles. The minimum Gasteiger partial charge on any atom is -0.490 e. The van der Waals surface area contributed by atoms with Crippen molar-refractivity contribution >= 4 is 6.29 Å². The number of hydrogen-bond acceptors (Lipinski definition) is 3. The standard InChI is InChI=1S/C11H12O3/c1-8-9(7-12)3-4-10-11(8)14-6-2-5-13-10/h3-4,7H,2,5-6H2,1H3. The highest BCUT2D eigenvalue weighted by atomic mass is 16.5. The molecule has 0 aromatic heterocycles. The van der Waals surface area contributed by atoms with Crippen LogP contribution >= 0.6 is 0 Å². The molecule has 0 bridgehead atoms. The molecule has 14 heavy (non-hydrogen) atoms. The van der Waals surface area contributed by atoms with Crippen LogP contribution in [0.3, 0.4) is 0 Å². The first kappa shape index (κ1) is 9.06. The molecule has 74 valence electrons. The second-order valence-electron chi connectivity index (χ2n) is 3.28. The molecule has 0 saturated heterocycles. The molecule has 0 atom stereocenters. The molecule has 0 saturated carbocycles. The Bertz CT molecular complexity index is 358. The Hall–Kier alpha value is -1.51. The molecule has 0 aliphatic carbocycles. The Kier molecular flexibility index (Phi) is 2.39. The number of hydrogen-bond donors (Lipinski definition) is 0. The lowest BCUT2D eigenvalue weighted by Gasteiger charge is -2.10. The number of rotatable bonds is 1. The number of aldehydes is 1. The number of carbonyl (C=O) groups excluding carboxylic acids is 1. The van der Waals surface area contributed by atoms with E-state index in [-0.39, 0.29) is 0 Å². The van der Waals surface area contributed by atoms with Crippen LogP contribution in [0.25, 0.3) is 0 Å².